The summed E-state index contributed by atoms with van der Waals surface area (Å²) in [6.45, 7) is 0.914. The number of benzene rings is 1. The van der Waals surface area contributed by atoms with Crippen LogP contribution in [0.4, 0.5) is 0 Å². The van der Waals surface area contributed by atoms with Crippen LogP contribution >= 0.6 is 11.8 Å². The minimum atomic E-state index is -0.166. The highest BCUT2D eigenvalue weighted by atomic mass is 32.2. The number of para-hydroxylation sites is 1. The van der Waals surface area contributed by atoms with E-state index in [1.807, 2.05) is 32.3 Å². The van der Waals surface area contributed by atoms with Gasteiger partial charge in [0.15, 0.2) is 0 Å². The molecule has 5 nitrogen and oxygen atoms in total. The summed E-state index contributed by atoms with van der Waals surface area (Å²) in [6.07, 6.45) is 0. The second kappa shape index (κ2) is 6.08. The van der Waals surface area contributed by atoms with Crippen LogP contribution in [0.15, 0.2) is 34.2 Å². The first kappa shape index (κ1) is 13.9. The summed E-state index contributed by atoms with van der Waals surface area (Å²) in [7, 11) is 5.50. The Bertz CT molecular complexity index is 625. The van der Waals surface area contributed by atoms with Crippen molar-refractivity contribution in [3.05, 3.63) is 34.6 Å². The number of hydrogen-bond acceptors (Lipinski definition) is 5. The molecule has 19 heavy (non-hydrogen) atoms. The van der Waals surface area contributed by atoms with Crippen molar-refractivity contribution in [3.63, 3.8) is 0 Å². The van der Waals surface area contributed by atoms with Crippen molar-refractivity contribution in [3.8, 4) is 0 Å². The summed E-state index contributed by atoms with van der Waals surface area (Å²) >= 11 is 1.51. The monoisotopic (exact) mass is 279 g/mol. The number of rotatable bonds is 5. The lowest BCUT2D eigenvalue weighted by Crippen LogP contribution is -2.28. The lowest BCUT2D eigenvalue weighted by Gasteiger charge is -2.12. The van der Waals surface area contributed by atoms with Gasteiger partial charge in [-0.2, -0.15) is 0 Å². The Morgan fingerprint density at radius 3 is 2.79 bits per heavy atom. The maximum Gasteiger partial charge on any atom is 0.295 e. The van der Waals surface area contributed by atoms with Crippen LogP contribution in [0.5, 0.6) is 0 Å². The molecule has 0 N–H and O–H groups in total. The molecular weight excluding hydrogens is 262 g/mol. The van der Waals surface area contributed by atoms with Crippen LogP contribution < -0.4 is 10.4 Å². The van der Waals surface area contributed by atoms with Crippen molar-refractivity contribution in [2.75, 3.05) is 33.5 Å². The SMILES string of the molecule is COn1c(SCCN(C)C)nc2ccccc2c1=O. The van der Waals surface area contributed by atoms with E-state index in [4.69, 9.17) is 4.84 Å². The summed E-state index contributed by atoms with van der Waals surface area (Å²) in [5.41, 5.74) is 0.536. The Morgan fingerprint density at radius 1 is 1.37 bits per heavy atom. The lowest BCUT2D eigenvalue weighted by atomic mass is 10.2. The zero-order valence-electron chi connectivity index (χ0n) is 11.3. The predicted octanol–water partition coefficient (Wildman–Crippen LogP) is 1.11. The van der Waals surface area contributed by atoms with Crippen LogP contribution in [-0.4, -0.2) is 48.1 Å². The highest BCUT2D eigenvalue weighted by Crippen LogP contribution is 2.16. The van der Waals surface area contributed by atoms with Crippen LogP contribution in [-0.2, 0) is 0 Å². The molecule has 0 saturated carbocycles. The van der Waals surface area contributed by atoms with Crippen molar-refractivity contribution in [1.82, 2.24) is 14.6 Å². The minimum absolute atomic E-state index is 0.166. The second-order valence-electron chi connectivity index (χ2n) is 4.35. The second-order valence-corrected chi connectivity index (χ2v) is 5.41. The Morgan fingerprint density at radius 2 is 2.11 bits per heavy atom. The fourth-order valence-electron chi connectivity index (χ4n) is 1.67. The molecule has 0 aliphatic heterocycles. The molecule has 0 spiro atoms. The standard InChI is InChI=1S/C13H17N3O2S/c1-15(2)8-9-19-13-14-11-7-5-4-6-10(11)12(17)16(13)18-3/h4-7H,8-9H2,1-3H3. The molecule has 0 aliphatic rings. The van der Waals surface area contributed by atoms with Gasteiger partial charge in [0.1, 0.15) is 7.11 Å². The summed E-state index contributed by atoms with van der Waals surface area (Å²) in [5.74, 6) is 0.848. The molecule has 0 unspecified atom stereocenters. The first-order valence-electron chi connectivity index (χ1n) is 5.97. The molecule has 0 saturated heterocycles. The average Bonchev–Trinajstić information content (AvgIpc) is 2.39. The summed E-state index contributed by atoms with van der Waals surface area (Å²) in [5, 5.41) is 1.16. The molecule has 0 aliphatic carbocycles. The van der Waals surface area contributed by atoms with Crippen molar-refractivity contribution >= 4 is 22.7 Å². The molecule has 102 valence electrons. The molecular formula is C13H17N3O2S. The average molecular weight is 279 g/mol. The molecule has 1 heterocycles. The van der Waals surface area contributed by atoms with Gasteiger partial charge in [-0.25, -0.2) is 4.98 Å². The van der Waals surface area contributed by atoms with Gasteiger partial charge in [-0.05, 0) is 26.2 Å². The van der Waals surface area contributed by atoms with Crippen LogP contribution in [0.25, 0.3) is 10.9 Å². The Balaban J connectivity index is 2.39. The largest absolute Gasteiger partial charge is 0.411 e. The molecule has 1 aromatic heterocycles. The van der Waals surface area contributed by atoms with Crippen LogP contribution in [0.2, 0.25) is 0 Å². The van der Waals surface area contributed by atoms with Gasteiger partial charge < -0.3 is 9.74 Å². The van der Waals surface area contributed by atoms with E-state index in [1.165, 1.54) is 23.6 Å². The molecule has 0 atom stereocenters. The van der Waals surface area contributed by atoms with E-state index in [9.17, 15) is 4.79 Å². The number of hydrogen-bond donors (Lipinski definition) is 0. The summed E-state index contributed by atoms with van der Waals surface area (Å²) < 4.78 is 1.25. The quantitative estimate of drug-likeness (QED) is 0.606. The third-order valence-corrected chi connectivity index (χ3v) is 3.56. The third kappa shape index (κ3) is 3.08. The van der Waals surface area contributed by atoms with Gasteiger partial charge in [0.2, 0.25) is 5.16 Å². The van der Waals surface area contributed by atoms with E-state index in [-0.39, 0.29) is 5.56 Å². The highest BCUT2D eigenvalue weighted by Gasteiger charge is 2.11. The van der Waals surface area contributed by atoms with Crippen LogP contribution in [0.1, 0.15) is 0 Å². The molecule has 0 fully saturated rings. The molecule has 6 heteroatoms. The van der Waals surface area contributed by atoms with Crippen molar-refractivity contribution in [2.45, 2.75) is 5.16 Å². The molecule has 0 amide bonds. The van der Waals surface area contributed by atoms with Crippen molar-refractivity contribution in [2.24, 2.45) is 0 Å². The van der Waals surface area contributed by atoms with Crippen molar-refractivity contribution in [1.29, 1.82) is 0 Å². The first-order chi connectivity index (χ1) is 9.13. The van der Waals surface area contributed by atoms with Gasteiger partial charge in [-0.1, -0.05) is 23.9 Å². The zero-order valence-corrected chi connectivity index (χ0v) is 12.1. The first-order valence-corrected chi connectivity index (χ1v) is 6.96. The van der Waals surface area contributed by atoms with Gasteiger partial charge in [-0.15, -0.1) is 4.73 Å². The van der Waals surface area contributed by atoms with Gasteiger partial charge in [0, 0.05) is 12.3 Å². The van der Waals surface area contributed by atoms with Gasteiger partial charge in [-0.3, -0.25) is 4.79 Å². The molecule has 0 bridgehead atoms. The van der Waals surface area contributed by atoms with E-state index >= 15 is 0 Å². The summed E-state index contributed by atoms with van der Waals surface area (Å²) in [6, 6.07) is 7.30. The van der Waals surface area contributed by atoms with E-state index < -0.39 is 0 Å². The van der Waals surface area contributed by atoms with Gasteiger partial charge in [0.05, 0.1) is 10.9 Å². The van der Waals surface area contributed by atoms with E-state index in [0.29, 0.717) is 16.1 Å². The van der Waals surface area contributed by atoms with Gasteiger partial charge in [0.25, 0.3) is 5.56 Å². The molecule has 2 rings (SSSR count). The van der Waals surface area contributed by atoms with E-state index in [0.717, 1.165) is 12.3 Å². The number of aromatic nitrogens is 2. The van der Waals surface area contributed by atoms with Gasteiger partial charge >= 0.3 is 0 Å². The third-order valence-electron chi connectivity index (χ3n) is 2.66. The highest BCUT2D eigenvalue weighted by molar-refractivity contribution is 7.99. The normalized spacial score (nSPS) is 11.2. The maximum atomic E-state index is 12.3. The fourth-order valence-corrected chi connectivity index (χ4v) is 2.74. The number of nitrogens with zero attached hydrogens (tertiary/aromatic N) is 3. The topological polar surface area (TPSA) is 47.4 Å². The number of thioether (sulfide) groups is 1. The Hall–Kier alpha value is -1.53. The van der Waals surface area contributed by atoms with Crippen LogP contribution in [0.3, 0.4) is 0 Å². The molecule has 1 aromatic carbocycles. The Kier molecular flexibility index (Phi) is 4.44. The smallest absolute Gasteiger partial charge is 0.295 e. The lowest BCUT2D eigenvalue weighted by molar-refractivity contribution is 0.131. The predicted molar refractivity (Wildman–Crippen MR) is 77.8 cm³/mol. The fraction of sp³-hybridized carbons (Fsp3) is 0.385. The maximum absolute atomic E-state index is 12.3. The van der Waals surface area contributed by atoms with E-state index in [1.54, 1.807) is 6.07 Å². The van der Waals surface area contributed by atoms with Crippen LogP contribution in [0, 0.1) is 0 Å². The van der Waals surface area contributed by atoms with Crippen molar-refractivity contribution < 1.29 is 4.84 Å². The molecule has 0 radical (unpaired) electrons. The summed E-state index contributed by atoms with van der Waals surface area (Å²) in [4.78, 5) is 24.0. The zero-order chi connectivity index (χ0) is 13.8. The Labute approximate surface area is 116 Å². The van der Waals surface area contributed by atoms with E-state index in [2.05, 4.69) is 9.88 Å². The minimum Gasteiger partial charge on any atom is -0.411 e. The number of fused-ring (bicyclic) bond motifs is 1. The molecule has 2 aromatic rings.